The molecule has 0 saturated carbocycles. The van der Waals surface area contributed by atoms with Crippen molar-refractivity contribution in [3.05, 3.63) is 51.1 Å². The lowest BCUT2D eigenvalue weighted by Gasteiger charge is -2.08. The Hall–Kier alpha value is -1.59. The Bertz CT molecular complexity index is 646. The van der Waals surface area contributed by atoms with E-state index in [-0.39, 0.29) is 5.91 Å². The molecule has 0 radical (unpaired) electrons. The van der Waals surface area contributed by atoms with Gasteiger partial charge in [0.1, 0.15) is 5.82 Å². The van der Waals surface area contributed by atoms with Gasteiger partial charge in [-0.25, -0.2) is 4.98 Å². The maximum atomic E-state index is 12.1. The average molecular weight is 341 g/mol. The maximum Gasteiger partial charge on any atom is 0.256 e. The van der Waals surface area contributed by atoms with Crippen LogP contribution in [0.4, 0.5) is 11.5 Å². The van der Waals surface area contributed by atoms with Crippen LogP contribution >= 0.6 is 27.5 Å². The first-order chi connectivity index (χ1) is 8.97. The summed E-state index contributed by atoms with van der Waals surface area (Å²) >= 11 is 9.28. The molecule has 2 rings (SSSR count). The van der Waals surface area contributed by atoms with E-state index in [0.717, 1.165) is 5.56 Å². The van der Waals surface area contributed by atoms with Crippen LogP contribution in [0.3, 0.4) is 0 Å². The number of nitrogens with zero attached hydrogens (tertiary/aromatic N) is 1. The summed E-state index contributed by atoms with van der Waals surface area (Å²) in [6.07, 6.45) is 1.47. The summed E-state index contributed by atoms with van der Waals surface area (Å²) in [5.74, 6) is 0.135. The number of aryl methyl sites for hydroxylation is 1. The minimum atomic E-state index is -0.278. The summed E-state index contributed by atoms with van der Waals surface area (Å²) in [6, 6.07) is 6.80. The predicted molar refractivity (Wildman–Crippen MR) is 80.5 cm³/mol. The van der Waals surface area contributed by atoms with Gasteiger partial charge >= 0.3 is 0 Å². The van der Waals surface area contributed by atoms with Gasteiger partial charge in [-0.15, -0.1) is 0 Å². The van der Waals surface area contributed by atoms with E-state index in [9.17, 15) is 4.79 Å². The number of rotatable bonds is 2. The Labute approximate surface area is 124 Å². The zero-order valence-electron chi connectivity index (χ0n) is 10.1. The van der Waals surface area contributed by atoms with Gasteiger partial charge in [-0.3, -0.25) is 4.79 Å². The van der Waals surface area contributed by atoms with Gasteiger partial charge in [0.15, 0.2) is 0 Å². The third-order valence-electron chi connectivity index (χ3n) is 2.53. The molecule has 0 bridgehead atoms. The van der Waals surface area contributed by atoms with E-state index in [2.05, 4.69) is 26.2 Å². The fourth-order valence-corrected chi connectivity index (χ4v) is 2.10. The number of pyridine rings is 1. The highest BCUT2D eigenvalue weighted by atomic mass is 79.9. The van der Waals surface area contributed by atoms with Gasteiger partial charge < -0.3 is 11.1 Å². The minimum Gasteiger partial charge on any atom is -0.397 e. The minimum absolute atomic E-state index is 0.278. The topological polar surface area (TPSA) is 68.0 Å². The standard InChI is InChI=1S/C13H11BrClN3O/c1-7-2-3-8(4-11(7)15)13(19)18-12-10(14)5-9(16)6-17-12/h2-6H,16H2,1H3,(H,17,18,19). The van der Waals surface area contributed by atoms with Gasteiger partial charge in [0.25, 0.3) is 5.91 Å². The first-order valence-electron chi connectivity index (χ1n) is 5.46. The van der Waals surface area contributed by atoms with Crippen LogP contribution in [0, 0.1) is 6.92 Å². The number of carbonyl (C=O) groups is 1. The molecule has 1 amide bonds. The second kappa shape index (κ2) is 5.59. The van der Waals surface area contributed by atoms with Crippen molar-refractivity contribution < 1.29 is 4.79 Å². The van der Waals surface area contributed by atoms with Gasteiger partial charge in [0.2, 0.25) is 0 Å². The van der Waals surface area contributed by atoms with E-state index in [0.29, 0.717) is 26.6 Å². The Kier molecular flexibility index (Phi) is 4.07. The molecule has 0 fully saturated rings. The highest BCUT2D eigenvalue weighted by Crippen LogP contribution is 2.23. The van der Waals surface area contributed by atoms with Gasteiger partial charge in [-0.1, -0.05) is 17.7 Å². The highest BCUT2D eigenvalue weighted by molar-refractivity contribution is 9.10. The molecule has 0 aliphatic heterocycles. The van der Waals surface area contributed by atoms with Crippen molar-refractivity contribution in [2.24, 2.45) is 0 Å². The van der Waals surface area contributed by atoms with Crippen LogP contribution in [-0.2, 0) is 0 Å². The van der Waals surface area contributed by atoms with Crippen LogP contribution in [0.5, 0.6) is 0 Å². The molecule has 1 heterocycles. The number of anilines is 2. The predicted octanol–water partition coefficient (Wildman–Crippen LogP) is 3.64. The number of hydrogen-bond donors (Lipinski definition) is 2. The molecule has 0 spiro atoms. The lowest BCUT2D eigenvalue weighted by molar-refractivity contribution is 0.102. The van der Waals surface area contributed by atoms with Crippen molar-refractivity contribution in [1.29, 1.82) is 0 Å². The number of aromatic nitrogens is 1. The smallest absolute Gasteiger partial charge is 0.256 e. The molecular formula is C13H11BrClN3O. The van der Waals surface area contributed by atoms with Crippen molar-refractivity contribution in [2.75, 3.05) is 11.1 Å². The van der Waals surface area contributed by atoms with E-state index in [1.807, 2.05) is 6.92 Å². The highest BCUT2D eigenvalue weighted by Gasteiger charge is 2.10. The molecule has 1 aromatic carbocycles. The summed E-state index contributed by atoms with van der Waals surface area (Å²) in [6.45, 7) is 1.88. The monoisotopic (exact) mass is 339 g/mol. The number of nitrogens with one attached hydrogen (secondary N) is 1. The van der Waals surface area contributed by atoms with Gasteiger partial charge in [-0.2, -0.15) is 0 Å². The van der Waals surface area contributed by atoms with Crippen LogP contribution in [-0.4, -0.2) is 10.9 Å². The van der Waals surface area contributed by atoms with Crippen molar-refractivity contribution in [1.82, 2.24) is 4.98 Å². The average Bonchev–Trinajstić information content (AvgIpc) is 2.36. The fourth-order valence-electron chi connectivity index (χ4n) is 1.46. The summed E-state index contributed by atoms with van der Waals surface area (Å²) in [5.41, 5.74) is 7.49. The van der Waals surface area contributed by atoms with Crippen LogP contribution in [0.25, 0.3) is 0 Å². The fraction of sp³-hybridized carbons (Fsp3) is 0.0769. The number of halogens is 2. The molecule has 0 aliphatic carbocycles. The molecule has 3 N–H and O–H groups in total. The quantitative estimate of drug-likeness (QED) is 0.877. The first-order valence-corrected chi connectivity index (χ1v) is 6.63. The third kappa shape index (κ3) is 3.24. The molecule has 98 valence electrons. The molecule has 0 aliphatic rings. The number of benzene rings is 1. The molecule has 2 aromatic rings. The molecule has 0 saturated heterocycles. The molecule has 0 atom stereocenters. The lowest BCUT2D eigenvalue weighted by Crippen LogP contribution is -2.13. The molecular weight excluding hydrogens is 330 g/mol. The van der Waals surface area contributed by atoms with E-state index in [1.165, 1.54) is 6.20 Å². The summed E-state index contributed by atoms with van der Waals surface area (Å²) in [5, 5.41) is 3.24. The van der Waals surface area contributed by atoms with E-state index in [1.54, 1.807) is 24.3 Å². The second-order valence-electron chi connectivity index (χ2n) is 4.02. The van der Waals surface area contributed by atoms with Crippen molar-refractivity contribution in [2.45, 2.75) is 6.92 Å². The molecule has 6 heteroatoms. The van der Waals surface area contributed by atoms with Crippen molar-refractivity contribution >= 4 is 44.9 Å². The van der Waals surface area contributed by atoms with Crippen LogP contribution in [0.15, 0.2) is 34.9 Å². The van der Waals surface area contributed by atoms with Crippen LogP contribution < -0.4 is 11.1 Å². The number of nitrogen functional groups attached to an aromatic ring is 1. The maximum absolute atomic E-state index is 12.1. The molecule has 1 aromatic heterocycles. The van der Waals surface area contributed by atoms with Gasteiger partial charge in [0, 0.05) is 10.6 Å². The van der Waals surface area contributed by atoms with Crippen LogP contribution in [0.2, 0.25) is 5.02 Å². The van der Waals surface area contributed by atoms with Crippen molar-refractivity contribution in [3.8, 4) is 0 Å². The summed E-state index contributed by atoms with van der Waals surface area (Å²) in [7, 11) is 0. The van der Waals surface area contributed by atoms with E-state index in [4.69, 9.17) is 17.3 Å². The zero-order chi connectivity index (χ0) is 14.0. The molecule has 0 unspecified atom stereocenters. The van der Waals surface area contributed by atoms with Crippen LogP contribution in [0.1, 0.15) is 15.9 Å². The van der Waals surface area contributed by atoms with E-state index < -0.39 is 0 Å². The normalized spacial score (nSPS) is 10.3. The van der Waals surface area contributed by atoms with Gasteiger partial charge in [-0.05, 0) is 46.6 Å². The SMILES string of the molecule is Cc1ccc(C(=O)Nc2ncc(N)cc2Br)cc1Cl. The zero-order valence-corrected chi connectivity index (χ0v) is 12.4. The lowest BCUT2D eigenvalue weighted by atomic mass is 10.1. The Morgan fingerprint density at radius 1 is 1.42 bits per heavy atom. The third-order valence-corrected chi connectivity index (χ3v) is 3.54. The molecule has 19 heavy (non-hydrogen) atoms. The summed E-state index contributed by atoms with van der Waals surface area (Å²) < 4.78 is 0.624. The summed E-state index contributed by atoms with van der Waals surface area (Å²) in [4.78, 5) is 16.1. The Balaban J connectivity index is 2.23. The Morgan fingerprint density at radius 3 is 2.79 bits per heavy atom. The number of carbonyl (C=O) groups excluding carboxylic acids is 1. The Morgan fingerprint density at radius 2 is 2.16 bits per heavy atom. The van der Waals surface area contributed by atoms with Crippen molar-refractivity contribution in [3.63, 3.8) is 0 Å². The largest absolute Gasteiger partial charge is 0.397 e. The first kappa shape index (κ1) is 13.8. The number of nitrogens with two attached hydrogens (primary N) is 1. The second-order valence-corrected chi connectivity index (χ2v) is 5.28. The molecule has 4 nitrogen and oxygen atoms in total. The van der Waals surface area contributed by atoms with E-state index >= 15 is 0 Å². The van der Waals surface area contributed by atoms with Gasteiger partial charge in [0.05, 0.1) is 16.4 Å². The number of hydrogen-bond acceptors (Lipinski definition) is 3. The number of amides is 1.